The first-order valence-corrected chi connectivity index (χ1v) is 6.91. The van der Waals surface area contributed by atoms with Gasteiger partial charge in [0.2, 0.25) is 0 Å². The quantitative estimate of drug-likeness (QED) is 0.605. The van der Waals surface area contributed by atoms with Crippen molar-refractivity contribution in [1.82, 2.24) is 9.55 Å². The van der Waals surface area contributed by atoms with Crippen molar-refractivity contribution in [2.24, 2.45) is 0 Å². The molecule has 4 rings (SSSR count). The van der Waals surface area contributed by atoms with Gasteiger partial charge in [0.15, 0.2) is 11.8 Å². The monoisotopic (exact) mass is 296 g/mol. The van der Waals surface area contributed by atoms with Gasteiger partial charge in [-0.3, -0.25) is 14.3 Å². The standard InChI is InChI=1S/C13H16N2O6/c1-6-4-15(11(19)14-9(6)18)10-7-8(17)13(5-16,21-10)12(20-7)2-3-12/h4,7-8,10,16-17H,2-3,5H2,1H3,(H,14,18,19)/t7-,8?,10+,13+/m0/s1. The van der Waals surface area contributed by atoms with Gasteiger partial charge in [-0.2, -0.15) is 0 Å². The van der Waals surface area contributed by atoms with E-state index in [1.54, 1.807) is 6.92 Å². The summed E-state index contributed by atoms with van der Waals surface area (Å²) in [5, 5.41) is 20.1. The summed E-state index contributed by atoms with van der Waals surface area (Å²) in [5.74, 6) is 0. The fourth-order valence-corrected chi connectivity index (χ4v) is 3.55. The molecule has 2 aliphatic heterocycles. The largest absolute Gasteiger partial charge is 0.393 e. The van der Waals surface area contributed by atoms with Gasteiger partial charge in [-0.05, 0) is 19.8 Å². The normalized spacial score (nSPS) is 39.1. The summed E-state index contributed by atoms with van der Waals surface area (Å²) in [6, 6.07) is 0. The minimum atomic E-state index is -1.19. The molecule has 2 bridgehead atoms. The zero-order valence-electron chi connectivity index (χ0n) is 11.4. The van der Waals surface area contributed by atoms with E-state index in [-0.39, 0.29) is 6.61 Å². The van der Waals surface area contributed by atoms with Crippen LogP contribution in [0.1, 0.15) is 24.6 Å². The molecule has 3 aliphatic rings. The Labute approximate surface area is 118 Å². The smallest absolute Gasteiger partial charge is 0.330 e. The molecular weight excluding hydrogens is 280 g/mol. The molecule has 0 radical (unpaired) electrons. The highest BCUT2D eigenvalue weighted by atomic mass is 16.7. The van der Waals surface area contributed by atoms with Crippen LogP contribution in [0.4, 0.5) is 0 Å². The second-order valence-electron chi connectivity index (χ2n) is 6.06. The number of hydrogen-bond donors (Lipinski definition) is 3. The van der Waals surface area contributed by atoms with Gasteiger partial charge in [0.05, 0.1) is 6.61 Å². The molecule has 0 amide bonds. The highest BCUT2D eigenvalue weighted by molar-refractivity contribution is 5.25. The third-order valence-electron chi connectivity index (χ3n) is 4.89. The van der Waals surface area contributed by atoms with Crippen molar-refractivity contribution < 1.29 is 19.7 Å². The number of hydrogen-bond acceptors (Lipinski definition) is 6. The lowest BCUT2D eigenvalue weighted by Crippen LogP contribution is -2.53. The van der Waals surface area contributed by atoms with Crippen LogP contribution in [-0.4, -0.2) is 49.8 Å². The highest BCUT2D eigenvalue weighted by Crippen LogP contribution is 2.63. The number of ether oxygens (including phenoxy) is 2. The second kappa shape index (κ2) is 3.83. The van der Waals surface area contributed by atoms with Crippen LogP contribution in [0.3, 0.4) is 0 Å². The third kappa shape index (κ3) is 1.43. The molecule has 1 unspecified atom stereocenters. The van der Waals surface area contributed by atoms with Gasteiger partial charge in [-0.15, -0.1) is 0 Å². The summed E-state index contributed by atoms with van der Waals surface area (Å²) in [7, 11) is 0. The van der Waals surface area contributed by atoms with Crippen LogP contribution in [-0.2, 0) is 9.47 Å². The molecule has 21 heavy (non-hydrogen) atoms. The number of aliphatic hydroxyl groups excluding tert-OH is 2. The summed E-state index contributed by atoms with van der Waals surface area (Å²) < 4.78 is 12.9. The zero-order valence-corrected chi connectivity index (χ0v) is 11.4. The van der Waals surface area contributed by atoms with E-state index < -0.39 is 40.9 Å². The van der Waals surface area contributed by atoms with Gasteiger partial charge in [0.1, 0.15) is 17.8 Å². The fourth-order valence-electron chi connectivity index (χ4n) is 3.55. The number of nitrogens with one attached hydrogen (secondary N) is 1. The average Bonchev–Trinajstić information content (AvgIpc) is 3.12. The Hall–Kier alpha value is -1.48. The van der Waals surface area contributed by atoms with Crippen molar-refractivity contribution in [3.63, 3.8) is 0 Å². The number of rotatable bonds is 2. The summed E-state index contributed by atoms with van der Waals surface area (Å²) in [4.78, 5) is 25.6. The Morgan fingerprint density at radius 2 is 2.14 bits per heavy atom. The van der Waals surface area contributed by atoms with Crippen LogP contribution in [0.5, 0.6) is 0 Å². The van der Waals surface area contributed by atoms with Crippen molar-refractivity contribution in [3.8, 4) is 0 Å². The van der Waals surface area contributed by atoms with Gasteiger partial charge in [-0.25, -0.2) is 4.79 Å². The Bertz CT molecular complexity index is 720. The lowest BCUT2D eigenvalue weighted by Gasteiger charge is -2.36. The average molecular weight is 296 g/mol. The molecule has 1 spiro atoms. The topological polar surface area (TPSA) is 114 Å². The number of aliphatic hydroxyl groups is 2. The van der Waals surface area contributed by atoms with Crippen molar-refractivity contribution in [3.05, 3.63) is 32.6 Å². The molecule has 3 fully saturated rings. The predicted octanol–water partition coefficient (Wildman–Crippen LogP) is -1.60. The van der Waals surface area contributed by atoms with E-state index in [2.05, 4.69) is 4.98 Å². The fraction of sp³-hybridized carbons (Fsp3) is 0.692. The molecule has 8 heteroatoms. The SMILES string of the molecule is Cc1cn([C@@H]2O[C@]3(CO)C(O)[C@@H]2OC32CC2)c(=O)[nH]c1=O. The lowest BCUT2D eigenvalue weighted by atomic mass is 9.91. The van der Waals surface area contributed by atoms with Crippen molar-refractivity contribution in [1.29, 1.82) is 0 Å². The van der Waals surface area contributed by atoms with E-state index in [1.165, 1.54) is 10.8 Å². The molecule has 3 heterocycles. The van der Waals surface area contributed by atoms with Crippen molar-refractivity contribution >= 4 is 0 Å². The third-order valence-corrected chi connectivity index (χ3v) is 4.89. The van der Waals surface area contributed by atoms with Gasteiger partial charge in [-0.1, -0.05) is 0 Å². The Morgan fingerprint density at radius 1 is 1.43 bits per heavy atom. The van der Waals surface area contributed by atoms with Crippen LogP contribution in [0.25, 0.3) is 0 Å². The van der Waals surface area contributed by atoms with E-state index in [0.717, 1.165) is 0 Å². The first kappa shape index (κ1) is 13.2. The number of aromatic nitrogens is 2. The summed E-state index contributed by atoms with van der Waals surface area (Å²) in [6.07, 6.45) is 0.215. The van der Waals surface area contributed by atoms with Crippen LogP contribution >= 0.6 is 0 Å². The van der Waals surface area contributed by atoms with E-state index in [9.17, 15) is 19.8 Å². The molecule has 114 valence electrons. The summed E-state index contributed by atoms with van der Waals surface area (Å²) in [6.45, 7) is 1.20. The minimum Gasteiger partial charge on any atom is -0.393 e. The molecule has 1 aromatic rings. The van der Waals surface area contributed by atoms with Crippen LogP contribution in [0.2, 0.25) is 0 Å². The highest BCUT2D eigenvalue weighted by Gasteiger charge is 2.78. The summed E-state index contributed by atoms with van der Waals surface area (Å²) >= 11 is 0. The molecule has 3 N–H and O–H groups in total. The molecule has 1 aromatic heterocycles. The van der Waals surface area contributed by atoms with Crippen LogP contribution < -0.4 is 11.2 Å². The molecule has 4 atom stereocenters. The first-order chi connectivity index (χ1) is 9.94. The number of aryl methyl sites for hydroxylation is 1. The van der Waals surface area contributed by atoms with Gasteiger partial charge < -0.3 is 19.7 Å². The molecule has 8 nitrogen and oxygen atoms in total. The van der Waals surface area contributed by atoms with Crippen LogP contribution in [0, 0.1) is 6.92 Å². The van der Waals surface area contributed by atoms with Crippen molar-refractivity contribution in [2.75, 3.05) is 6.61 Å². The lowest BCUT2D eigenvalue weighted by molar-refractivity contribution is -0.235. The van der Waals surface area contributed by atoms with Crippen LogP contribution in [0.15, 0.2) is 15.8 Å². The molecule has 0 aromatic carbocycles. The number of nitrogens with zero attached hydrogens (tertiary/aromatic N) is 1. The first-order valence-electron chi connectivity index (χ1n) is 6.91. The minimum absolute atomic E-state index is 0.356. The maximum atomic E-state index is 12.0. The Balaban J connectivity index is 1.79. The molecule has 2 saturated heterocycles. The van der Waals surface area contributed by atoms with Gasteiger partial charge >= 0.3 is 5.69 Å². The maximum absolute atomic E-state index is 12.0. The molecule has 1 saturated carbocycles. The van der Waals surface area contributed by atoms with E-state index in [4.69, 9.17) is 9.47 Å². The maximum Gasteiger partial charge on any atom is 0.330 e. The molecular formula is C13H16N2O6. The Morgan fingerprint density at radius 3 is 2.76 bits per heavy atom. The Kier molecular flexibility index (Phi) is 2.41. The van der Waals surface area contributed by atoms with Gasteiger partial charge in [0.25, 0.3) is 5.56 Å². The van der Waals surface area contributed by atoms with E-state index >= 15 is 0 Å². The molecule has 1 aliphatic carbocycles. The second-order valence-corrected chi connectivity index (χ2v) is 6.06. The van der Waals surface area contributed by atoms with E-state index in [0.29, 0.717) is 18.4 Å². The van der Waals surface area contributed by atoms with Crippen molar-refractivity contribution in [2.45, 2.75) is 49.4 Å². The number of H-pyrrole nitrogens is 1. The number of aromatic amines is 1. The zero-order chi connectivity index (χ0) is 15.0. The predicted molar refractivity (Wildman–Crippen MR) is 68.8 cm³/mol. The summed E-state index contributed by atoms with van der Waals surface area (Å²) in [5.41, 5.74) is -2.56. The van der Waals surface area contributed by atoms with E-state index in [1.807, 2.05) is 0 Å². The number of fused-ring (bicyclic) bond motifs is 3. The van der Waals surface area contributed by atoms with Gasteiger partial charge in [0, 0.05) is 11.8 Å².